The quantitative estimate of drug-likeness (QED) is 0.0927. The number of rotatable bonds is 16. The first kappa shape index (κ1) is 38.2. The molecule has 0 heterocycles. The van der Waals surface area contributed by atoms with E-state index in [0.29, 0.717) is 48.5 Å². The standard InChI is InChI=1S/C40H64O4/c1-28(16-12-17-30(3)20-21-36-31(4)22-34(42)25-39(36,6)7)14-10-11-15-29(2)18-13-19-33(27-41)38(44)24-37-32(5)23-35(43)26-40(37,8)9/h10-11,14-15,19-22,28-30,34-36,41-43H,12-13,16-18,23-27H2,1-9H3/b14-10+,15-11+,21-20+,33-19+/t28?,29?,30?,34-,35+,36-/m0/s1. The van der Waals surface area contributed by atoms with Crippen LogP contribution in [0.3, 0.4) is 0 Å². The van der Waals surface area contributed by atoms with E-state index >= 15 is 0 Å². The number of aliphatic hydroxyl groups is 3. The number of carbonyl (C=O) groups is 1. The van der Waals surface area contributed by atoms with Gasteiger partial charge < -0.3 is 15.3 Å². The van der Waals surface area contributed by atoms with E-state index in [9.17, 15) is 20.1 Å². The van der Waals surface area contributed by atoms with Gasteiger partial charge in [-0.3, -0.25) is 4.79 Å². The van der Waals surface area contributed by atoms with Crippen LogP contribution in [0.25, 0.3) is 0 Å². The first-order chi connectivity index (χ1) is 20.6. The summed E-state index contributed by atoms with van der Waals surface area (Å²) in [6.45, 7) is 19.4. The third kappa shape index (κ3) is 12.4. The lowest BCUT2D eigenvalue weighted by Crippen LogP contribution is -2.32. The molecule has 0 aromatic carbocycles. The summed E-state index contributed by atoms with van der Waals surface area (Å²) in [6.07, 6.45) is 24.5. The van der Waals surface area contributed by atoms with Crippen LogP contribution in [0, 0.1) is 34.5 Å². The minimum atomic E-state index is -0.342. The van der Waals surface area contributed by atoms with Gasteiger partial charge in [0.1, 0.15) is 0 Å². The van der Waals surface area contributed by atoms with Crippen LogP contribution in [0.2, 0.25) is 0 Å². The van der Waals surface area contributed by atoms with Crippen molar-refractivity contribution in [2.75, 3.05) is 6.61 Å². The highest BCUT2D eigenvalue weighted by atomic mass is 16.3. The molecule has 4 heteroatoms. The zero-order valence-electron chi connectivity index (χ0n) is 29.4. The van der Waals surface area contributed by atoms with Crippen molar-refractivity contribution < 1.29 is 20.1 Å². The van der Waals surface area contributed by atoms with Gasteiger partial charge in [-0.1, -0.05) is 120 Å². The van der Waals surface area contributed by atoms with E-state index in [4.69, 9.17) is 0 Å². The fourth-order valence-electron chi connectivity index (χ4n) is 7.31. The Labute approximate surface area is 269 Å². The number of aliphatic hydroxyl groups excluding tert-OH is 3. The SMILES string of the molecule is CC1=C[C@H](O)CC(C)(C)[C@H]1/C=C/C(C)CCCC(C)/C=C/C=C/C(C)CC/C=C(\CO)C(=O)CC1=C(C)C[C@@H](O)CC1(C)C. The zero-order valence-corrected chi connectivity index (χ0v) is 29.4. The first-order valence-electron chi connectivity index (χ1n) is 17.2. The molecule has 3 unspecified atom stereocenters. The lowest BCUT2D eigenvalue weighted by atomic mass is 9.67. The molecule has 0 radical (unpaired) electrons. The van der Waals surface area contributed by atoms with Gasteiger partial charge in [0.05, 0.1) is 18.8 Å². The molecule has 248 valence electrons. The maximum Gasteiger partial charge on any atom is 0.164 e. The molecule has 2 rings (SSSR count). The van der Waals surface area contributed by atoms with Crippen LogP contribution >= 0.6 is 0 Å². The Kier molecular flexibility index (Phi) is 15.3. The fourth-order valence-corrected chi connectivity index (χ4v) is 7.31. The van der Waals surface area contributed by atoms with Gasteiger partial charge in [0, 0.05) is 17.9 Å². The number of ketones is 1. The Morgan fingerprint density at radius 1 is 0.932 bits per heavy atom. The van der Waals surface area contributed by atoms with Crippen molar-refractivity contribution in [2.24, 2.45) is 34.5 Å². The lowest BCUT2D eigenvalue weighted by Gasteiger charge is -2.39. The van der Waals surface area contributed by atoms with Gasteiger partial charge in [-0.2, -0.15) is 0 Å². The smallest absolute Gasteiger partial charge is 0.164 e. The average molecular weight is 609 g/mol. The molecule has 0 aliphatic heterocycles. The van der Waals surface area contributed by atoms with Crippen LogP contribution < -0.4 is 0 Å². The van der Waals surface area contributed by atoms with Gasteiger partial charge >= 0.3 is 0 Å². The Bertz CT molecular complexity index is 1110. The van der Waals surface area contributed by atoms with E-state index in [1.165, 1.54) is 24.8 Å². The van der Waals surface area contributed by atoms with E-state index < -0.39 is 0 Å². The Balaban J connectivity index is 1.73. The summed E-state index contributed by atoms with van der Waals surface area (Å²) in [4.78, 5) is 13.0. The largest absolute Gasteiger partial charge is 0.393 e. The maximum atomic E-state index is 13.0. The Morgan fingerprint density at radius 3 is 2.09 bits per heavy atom. The van der Waals surface area contributed by atoms with Crippen LogP contribution in [0.4, 0.5) is 0 Å². The summed E-state index contributed by atoms with van der Waals surface area (Å²) < 4.78 is 0. The van der Waals surface area contributed by atoms with Gasteiger partial charge in [0.15, 0.2) is 5.78 Å². The summed E-state index contributed by atoms with van der Waals surface area (Å²) in [7, 11) is 0. The summed E-state index contributed by atoms with van der Waals surface area (Å²) in [5.41, 5.74) is 3.90. The van der Waals surface area contributed by atoms with Gasteiger partial charge in [-0.25, -0.2) is 0 Å². The number of Topliss-reactive ketones (excluding diaryl/α,β-unsaturated/α-hetero) is 1. The van der Waals surface area contributed by atoms with Crippen molar-refractivity contribution >= 4 is 5.78 Å². The average Bonchev–Trinajstić information content (AvgIpc) is 2.89. The molecule has 3 N–H and O–H groups in total. The van der Waals surface area contributed by atoms with Crippen LogP contribution in [0.1, 0.15) is 120 Å². The van der Waals surface area contributed by atoms with Crippen LogP contribution in [0.5, 0.6) is 0 Å². The number of hydrogen-bond acceptors (Lipinski definition) is 4. The highest BCUT2D eigenvalue weighted by Gasteiger charge is 2.35. The summed E-state index contributed by atoms with van der Waals surface area (Å²) >= 11 is 0. The highest BCUT2D eigenvalue weighted by molar-refractivity contribution is 5.97. The van der Waals surface area contributed by atoms with E-state index in [2.05, 4.69) is 91.8 Å². The summed E-state index contributed by atoms with van der Waals surface area (Å²) in [6, 6.07) is 0. The molecule has 0 saturated carbocycles. The monoisotopic (exact) mass is 608 g/mol. The summed E-state index contributed by atoms with van der Waals surface area (Å²) in [5.74, 6) is 1.86. The van der Waals surface area contributed by atoms with E-state index in [-0.39, 0.29) is 35.4 Å². The molecular formula is C40H64O4. The van der Waals surface area contributed by atoms with E-state index in [1.54, 1.807) is 0 Å². The third-order valence-corrected chi connectivity index (χ3v) is 9.96. The second kappa shape index (κ2) is 17.6. The number of hydrogen-bond donors (Lipinski definition) is 3. The third-order valence-electron chi connectivity index (χ3n) is 9.96. The predicted molar refractivity (Wildman–Crippen MR) is 186 cm³/mol. The minimum absolute atomic E-state index is 0.00185. The van der Waals surface area contributed by atoms with Crippen LogP contribution in [-0.4, -0.2) is 39.9 Å². The van der Waals surface area contributed by atoms with Crippen molar-refractivity contribution in [3.8, 4) is 0 Å². The predicted octanol–water partition coefficient (Wildman–Crippen LogP) is 9.24. The Morgan fingerprint density at radius 2 is 1.52 bits per heavy atom. The minimum Gasteiger partial charge on any atom is -0.393 e. The number of allylic oxidation sites excluding steroid dienone is 9. The summed E-state index contributed by atoms with van der Waals surface area (Å²) in [5, 5.41) is 30.1. The van der Waals surface area contributed by atoms with Gasteiger partial charge in [-0.15, -0.1) is 0 Å². The molecule has 6 atom stereocenters. The van der Waals surface area contributed by atoms with E-state index in [1.807, 2.05) is 19.1 Å². The molecule has 0 aromatic heterocycles. The molecule has 0 bridgehead atoms. The zero-order chi connectivity index (χ0) is 33.1. The van der Waals surface area contributed by atoms with Crippen molar-refractivity contribution in [1.29, 1.82) is 0 Å². The van der Waals surface area contributed by atoms with Crippen molar-refractivity contribution in [1.82, 2.24) is 0 Å². The number of carbonyl (C=O) groups excluding carboxylic acids is 1. The topological polar surface area (TPSA) is 77.8 Å². The second-order valence-corrected chi connectivity index (χ2v) is 15.4. The Hall–Kier alpha value is -2.01. The molecule has 4 nitrogen and oxygen atoms in total. The van der Waals surface area contributed by atoms with Crippen LogP contribution in [0.15, 0.2) is 70.9 Å². The van der Waals surface area contributed by atoms with Crippen LogP contribution in [-0.2, 0) is 4.79 Å². The van der Waals surface area contributed by atoms with Gasteiger partial charge in [0.2, 0.25) is 0 Å². The molecule has 2 aliphatic rings. The maximum absolute atomic E-state index is 13.0. The van der Waals surface area contributed by atoms with Gasteiger partial charge in [-0.05, 0) is 87.4 Å². The molecule has 0 fully saturated rings. The van der Waals surface area contributed by atoms with Crippen molar-refractivity contribution in [3.05, 3.63) is 70.9 Å². The molecule has 0 aromatic rings. The highest BCUT2D eigenvalue weighted by Crippen LogP contribution is 2.43. The molecule has 44 heavy (non-hydrogen) atoms. The molecule has 0 amide bonds. The second-order valence-electron chi connectivity index (χ2n) is 15.4. The van der Waals surface area contributed by atoms with Crippen molar-refractivity contribution in [2.45, 2.75) is 132 Å². The fraction of sp³-hybridized carbons (Fsp3) is 0.675. The molecular weight excluding hydrogens is 544 g/mol. The van der Waals surface area contributed by atoms with E-state index in [0.717, 1.165) is 30.4 Å². The molecule has 2 aliphatic carbocycles. The lowest BCUT2D eigenvalue weighted by molar-refractivity contribution is -0.115. The molecule has 0 saturated heterocycles. The molecule has 0 spiro atoms. The first-order valence-corrected chi connectivity index (χ1v) is 17.2. The normalized spacial score (nSPS) is 26.4. The van der Waals surface area contributed by atoms with Crippen molar-refractivity contribution in [3.63, 3.8) is 0 Å². The van der Waals surface area contributed by atoms with Gasteiger partial charge in [0.25, 0.3) is 0 Å².